The highest BCUT2D eigenvalue weighted by Gasteiger charge is 2.47. The van der Waals surface area contributed by atoms with Crippen LogP contribution in [0.15, 0.2) is 78.5 Å². The smallest absolute Gasteiger partial charge is 0.301 e. The number of amides is 1. The Kier molecular flexibility index (Phi) is 5.54. The van der Waals surface area contributed by atoms with Crippen LogP contribution in [0, 0.1) is 6.92 Å². The van der Waals surface area contributed by atoms with Crippen LogP contribution >= 0.6 is 0 Å². The highest BCUT2D eigenvalue weighted by Crippen LogP contribution is 2.41. The Morgan fingerprint density at radius 3 is 2.45 bits per heavy atom. The molecule has 4 rings (SSSR count). The molecule has 1 aromatic heterocycles. The molecule has 2 aromatic carbocycles. The number of Topliss-reactive ketones (excluding diaryl/α,β-unsaturated/α-hetero) is 1. The zero-order valence-electron chi connectivity index (χ0n) is 17.3. The summed E-state index contributed by atoms with van der Waals surface area (Å²) in [7, 11) is 0. The first-order chi connectivity index (χ1) is 15.0. The summed E-state index contributed by atoms with van der Waals surface area (Å²) in [6.45, 7) is 4.28. The molecule has 1 fully saturated rings. The van der Waals surface area contributed by atoms with E-state index in [0.29, 0.717) is 29.3 Å². The van der Waals surface area contributed by atoms with Gasteiger partial charge in [-0.05, 0) is 55.3 Å². The Morgan fingerprint density at radius 1 is 1.06 bits per heavy atom. The van der Waals surface area contributed by atoms with E-state index in [1.54, 1.807) is 42.6 Å². The maximum absolute atomic E-state index is 13.1. The number of nitrogens with zero attached hydrogens (tertiary/aromatic N) is 2. The second-order valence-corrected chi connectivity index (χ2v) is 7.18. The number of ketones is 1. The number of anilines is 1. The molecule has 1 N–H and O–H groups in total. The van der Waals surface area contributed by atoms with Crippen LogP contribution in [-0.4, -0.2) is 28.4 Å². The quantitative estimate of drug-likeness (QED) is 0.380. The minimum absolute atomic E-state index is 0.0328. The van der Waals surface area contributed by atoms with Gasteiger partial charge in [0.25, 0.3) is 5.78 Å². The van der Waals surface area contributed by atoms with Crippen LogP contribution in [-0.2, 0) is 9.59 Å². The summed E-state index contributed by atoms with van der Waals surface area (Å²) in [5, 5.41) is 11.2. The zero-order valence-corrected chi connectivity index (χ0v) is 17.3. The molecule has 1 atom stereocenters. The number of aryl methyl sites for hydroxylation is 1. The van der Waals surface area contributed by atoms with Gasteiger partial charge in [-0.25, -0.2) is 4.98 Å². The van der Waals surface area contributed by atoms with Gasteiger partial charge in [-0.3, -0.25) is 14.5 Å². The number of carbonyl (C=O) groups excluding carboxylic acids is 2. The molecule has 2 heterocycles. The molecule has 156 valence electrons. The molecule has 0 bridgehead atoms. The monoisotopic (exact) mass is 414 g/mol. The van der Waals surface area contributed by atoms with E-state index in [4.69, 9.17) is 4.74 Å². The molecule has 0 aliphatic carbocycles. The summed E-state index contributed by atoms with van der Waals surface area (Å²) in [5.74, 6) is -0.648. The number of aromatic nitrogens is 1. The van der Waals surface area contributed by atoms with E-state index >= 15 is 0 Å². The van der Waals surface area contributed by atoms with Gasteiger partial charge in [0.2, 0.25) is 0 Å². The third-order valence-electron chi connectivity index (χ3n) is 5.20. The maximum atomic E-state index is 13.1. The molecule has 0 spiro atoms. The van der Waals surface area contributed by atoms with Gasteiger partial charge in [0.15, 0.2) is 0 Å². The first-order valence-electron chi connectivity index (χ1n) is 10.0. The molecule has 31 heavy (non-hydrogen) atoms. The van der Waals surface area contributed by atoms with E-state index in [2.05, 4.69) is 4.98 Å². The predicted octanol–water partition coefficient (Wildman–Crippen LogP) is 4.42. The Hall–Kier alpha value is -3.93. The summed E-state index contributed by atoms with van der Waals surface area (Å²) >= 11 is 0. The number of aliphatic hydroxyl groups is 1. The third-order valence-corrected chi connectivity index (χ3v) is 5.20. The Labute approximate surface area is 180 Å². The van der Waals surface area contributed by atoms with E-state index in [-0.39, 0.29) is 11.3 Å². The van der Waals surface area contributed by atoms with E-state index in [0.717, 1.165) is 5.56 Å². The average Bonchev–Trinajstić information content (AvgIpc) is 3.06. The minimum atomic E-state index is -0.789. The maximum Gasteiger partial charge on any atom is 0.301 e. The van der Waals surface area contributed by atoms with Crippen molar-refractivity contribution in [3.8, 4) is 5.75 Å². The molecular weight excluding hydrogens is 392 g/mol. The van der Waals surface area contributed by atoms with Gasteiger partial charge >= 0.3 is 5.91 Å². The van der Waals surface area contributed by atoms with Gasteiger partial charge in [0.05, 0.1) is 18.2 Å². The first-order valence-corrected chi connectivity index (χ1v) is 10.0. The van der Waals surface area contributed by atoms with E-state index in [1.807, 2.05) is 44.2 Å². The molecule has 6 nitrogen and oxygen atoms in total. The van der Waals surface area contributed by atoms with Crippen molar-refractivity contribution in [2.45, 2.75) is 19.9 Å². The fraction of sp³-hybridized carbons (Fsp3) is 0.160. The van der Waals surface area contributed by atoms with E-state index < -0.39 is 17.7 Å². The van der Waals surface area contributed by atoms with Crippen molar-refractivity contribution in [2.75, 3.05) is 11.5 Å². The van der Waals surface area contributed by atoms with Crippen LogP contribution < -0.4 is 9.64 Å². The summed E-state index contributed by atoms with van der Waals surface area (Å²) in [6.07, 6.45) is 1.56. The number of benzene rings is 2. The fourth-order valence-corrected chi connectivity index (χ4v) is 3.79. The standard InChI is InChI=1S/C25H22N2O4/c1-3-31-19-13-12-18(15-16(19)2)23(28)21-22(17-9-5-4-6-10-17)27(25(30)24(21)29)20-11-7-8-14-26-20/h4-15,22,28H,3H2,1-2H3/t22-/m1/s1. The van der Waals surface area contributed by atoms with Crippen LogP contribution in [0.4, 0.5) is 5.82 Å². The number of pyridine rings is 1. The topological polar surface area (TPSA) is 79.7 Å². The molecule has 3 aromatic rings. The Bertz CT molecular complexity index is 1160. The SMILES string of the molecule is CCOc1ccc(C(O)=C2C(=O)C(=O)N(c3ccccn3)[C@@H]2c2ccccc2)cc1C. The molecule has 1 aliphatic rings. The lowest BCUT2D eigenvalue weighted by Gasteiger charge is -2.24. The molecule has 0 radical (unpaired) electrons. The lowest BCUT2D eigenvalue weighted by molar-refractivity contribution is -0.132. The summed E-state index contributed by atoms with van der Waals surface area (Å²) in [5.41, 5.74) is 2.00. The first kappa shape index (κ1) is 20.3. The largest absolute Gasteiger partial charge is 0.507 e. The summed E-state index contributed by atoms with van der Waals surface area (Å²) < 4.78 is 5.57. The van der Waals surface area contributed by atoms with Gasteiger partial charge in [-0.1, -0.05) is 36.4 Å². The highest BCUT2D eigenvalue weighted by molar-refractivity contribution is 6.51. The lowest BCUT2D eigenvalue weighted by Crippen LogP contribution is -2.30. The van der Waals surface area contributed by atoms with E-state index in [1.165, 1.54) is 4.90 Å². The molecule has 0 unspecified atom stereocenters. The van der Waals surface area contributed by atoms with Crippen molar-refractivity contribution in [3.63, 3.8) is 0 Å². The number of hydrogen-bond donors (Lipinski definition) is 1. The van der Waals surface area contributed by atoms with Gasteiger partial charge in [-0.2, -0.15) is 0 Å². The molecule has 1 saturated heterocycles. The highest BCUT2D eigenvalue weighted by atomic mass is 16.5. The lowest BCUT2D eigenvalue weighted by atomic mass is 9.95. The fourth-order valence-electron chi connectivity index (χ4n) is 3.79. The van der Waals surface area contributed by atoms with Crippen LogP contribution in [0.2, 0.25) is 0 Å². The number of carbonyl (C=O) groups is 2. The van der Waals surface area contributed by atoms with Crippen LogP contribution in [0.3, 0.4) is 0 Å². The summed E-state index contributed by atoms with van der Waals surface area (Å²) in [4.78, 5) is 31.7. The number of hydrogen-bond acceptors (Lipinski definition) is 5. The van der Waals surface area contributed by atoms with Crippen molar-refractivity contribution in [2.24, 2.45) is 0 Å². The number of aliphatic hydroxyl groups excluding tert-OH is 1. The van der Waals surface area contributed by atoms with Crippen molar-refractivity contribution < 1.29 is 19.4 Å². The Balaban J connectivity index is 1.89. The second kappa shape index (κ2) is 8.44. The third kappa shape index (κ3) is 3.68. The minimum Gasteiger partial charge on any atom is -0.507 e. The van der Waals surface area contributed by atoms with E-state index in [9.17, 15) is 14.7 Å². The van der Waals surface area contributed by atoms with Crippen LogP contribution in [0.25, 0.3) is 5.76 Å². The molecular formula is C25H22N2O4. The predicted molar refractivity (Wildman–Crippen MR) is 118 cm³/mol. The second-order valence-electron chi connectivity index (χ2n) is 7.18. The Morgan fingerprint density at radius 2 is 1.81 bits per heavy atom. The number of ether oxygens (including phenoxy) is 1. The normalized spacial score (nSPS) is 17.7. The number of rotatable bonds is 5. The summed E-state index contributed by atoms with van der Waals surface area (Å²) in [6, 6.07) is 18.7. The van der Waals surface area contributed by atoms with Crippen LogP contribution in [0.1, 0.15) is 29.7 Å². The molecule has 1 amide bonds. The molecule has 6 heteroatoms. The zero-order chi connectivity index (χ0) is 22.0. The van der Waals surface area contributed by atoms with Gasteiger partial charge in [-0.15, -0.1) is 0 Å². The molecule has 0 saturated carbocycles. The van der Waals surface area contributed by atoms with Gasteiger partial charge in [0.1, 0.15) is 17.3 Å². The average molecular weight is 414 g/mol. The van der Waals surface area contributed by atoms with Crippen molar-refractivity contribution in [1.29, 1.82) is 0 Å². The van der Waals surface area contributed by atoms with Crippen molar-refractivity contribution in [1.82, 2.24) is 4.98 Å². The van der Waals surface area contributed by atoms with Crippen molar-refractivity contribution >= 4 is 23.3 Å². The molecule has 1 aliphatic heterocycles. The van der Waals surface area contributed by atoms with Crippen LogP contribution in [0.5, 0.6) is 5.75 Å². The van der Waals surface area contributed by atoms with Gasteiger partial charge < -0.3 is 9.84 Å². The van der Waals surface area contributed by atoms with Gasteiger partial charge in [0, 0.05) is 11.8 Å². The van der Waals surface area contributed by atoms with Crippen molar-refractivity contribution in [3.05, 3.63) is 95.2 Å².